The zero-order valence-corrected chi connectivity index (χ0v) is 17.2. The van der Waals surface area contributed by atoms with Gasteiger partial charge in [0.1, 0.15) is 29.3 Å². The number of fused-ring (bicyclic) bond motifs is 1. The van der Waals surface area contributed by atoms with Crippen LogP contribution in [-0.4, -0.2) is 49.2 Å². The highest BCUT2D eigenvalue weighted by Crippen LogP contribution is 2.35. The molecule has 0 spiro atoms. The van der Waals surface area contributed by atoms with Crippen LogP contribution in [0.3, 0.4) is 0 Å². The Morgan fingerprint density at radius 1 is 1.13 bits per heavy atom. The minimum Gasteiger partial charge on any atom is -0.391 e. The van der Waals surface area contributed by atoms with E-state index in [2.05, 4.69) is 30.2 Å². The molecule has 152 valence electrons. The van der Waals surface area contributed by atoms with Crippen LogP contribution in [-0.2, 0) is 0 Å². The van der Waals surface area contributed by atoms with E-state index in [1.807, 2.05) is 17.0 Å². The van der Waals surface area contributed by atoms with Crippen molar-refractivity contribution in [3.63, 3.8) is 0 Å². The molecule has 4 aromatic rings. The van der Waals surface area contributed by atoms with Gasteiger partial charge in [-0.1, -0.05) is 29.3 Å². The van der Waals surface area contributed by atoms with E-state index < -0.39 is 0 Å². The summed E-state index contributed by atoms with van der Waals surface area (Å²) in [6.07, 6.45) is 3.57. The lowest BCUT2D eigenvalue weighted by Gasteiger charge is -2.16. The highest BCUT2D eigenvalue weighted by Gasteiger charge is 2.22. The minimum absolute atomic E-state index is 0.328. The largest absolute Gasteiger partial charge is 0.391 e. The number of hydrogen-bond acceptors (Lipinski definition) is 7. The maximum atomic E-state index is 9.78. The van der Waals surface area contributed by atoms with Crippen LogP contribution in [0.5, 0.6) is 0 Å². The number of halogens is 2. The molecule has 1 fully saturated rings. The molecular weight excluding hydrogens is 425 g/mol. The third kappa shape index (κ3) is 3.54. The van der Waals surface area contributed by atoms with E-state index in [1.165, 1.54) is 6.33 Å². The molecule has 3 N–H and O–H groups in total. The Bertz CT molecular complexity index is 1210. The third-order valence-electron chi connectivity index (χ3n) is 4.99. The van der Waals surface area contributed by atoms with E-state index >= 15 is 0 Å². The molecule has 0 aliphatic carbocycles. The highest BCUT2D eigenvalue weighted by molar-refractivity contribution is 6.39. The molecule has 30 heavy (non-hydrogen) atoms. The Labute approximate surface area is 181 Å². The summed E-state index contributed by atoms with van der Waals surface area (Å²) in [5.74, 6) is 2.44. The van der Waals surface area contributed by atoms with Crippen LogP contribution < -0.4 is 10.2 Å². The fourth-order valence-electron chi connectivity index (χ4n) is 3.53. The number of nitrogens with zero attached hydrogens (tertiary/aromatic N) is 5. The molecule has 0 amide bonds. The van der Waals surface area contributed by atoms with Crippen LogP contribution in [0.2, 0.25) is 10.0 Å². The maximum Gasteiger partial charge on any atom is 0.159 e. The number of hydrogen-bond donors (Lipinski definition) is 3. The molecule has 8 nitrogen and oxygen atoms in total. The van der Waals surface area contributed by atoms with Gasteiger partial charge in [-0.15, -0.1) is 0 Å². The van der Waals surface area contributed by atoms with Crippen LogP contribution in [0.4, 0.5) is 17.5 Å². The summed E-state index contributed by atoms with van der Waals surface area (Å²) < 4.78 is 0. The number of β-amino-alcohol motifs (C(OH)–C–C–N with tert-alkyl or cyclic N) is 1. The van der Waals surface area contributed by atoms with Gasteiger partial charge in [-0.3, -0.25) is 0 Å². The number of nitrogens with one attached hydrogen (secondary N) is 2. The molecular formula is C20H17Cl2N7O. The summed E-state index contributed by atoms with van der Waals surface area (Å²) in [6, 6.07) is 8.99. The molecule has 3 aromatic heterocycles. The normalized spacial score (nSPS) is 16.4. The number of aliphatic hydroxyl groups is 1. The van der Waals surface area contributed by atoms with Crippen molar-refractivity contribution in [2.75, 3.05) is 23.3 Å². The molecule has 0 radical (unpaired) electrons. The van der Waals surface area contributed by atoms with Crippen LogP contribution in [0.1, 0.15) is 6.42 Å². The van der Waals surface area contributed by atoms with E-state index in [1.54, 1.807) is 24.4 Å². The van der Waals surface area contributed by atoms with E-state index in [9.17, 15) is 5.11 Å². The molecule has 1 aliphatic heterocycles. The fraction of sp³-hybridized carbons (Fsp3) is 0.200. The van der Waals surface area contributed by atoms with E-state index in [4.69, 9.17) is 23.2 Å². The monoisotopic (exact) mass is 441 g/mol. The molecule has 4 heterocycles. The van der Waals surface area contributed by atoms with Crippen LogP contribution in [0.25, 0.3) is 22.4 Å². The first-order chi connectivity index (χ1) is 14.6. The molecule has 5 rings (SSSR count). The summed E-state index contributed by atoms with van der Waals surface area (Å²) in [5, 5.41) is 14.0. The number of imidazole rings is 1. The predicted octanol–water partition coefficient (Wildman–Crippen LogP) is 4.04. The second-order valence-electron chi connectivity index (χ2n) is 7.01. The molecule has 0 unspecified atom stereocenters. The molecule has 1 saturated heterocycles. The van der Waals surface area contributed by atoms with Gasteiger partial charge in [-0.05, 0) is 24.6 Å². The molecule has 10 heteroatoms. The van der Waals surface area contributed by atoms with Gasteiger partial charge in [-0.25, -0.2) is 19.9 Å². The first-order valence-corrected chi connectivity index (χ1v) is 10.2. The van der Waals surface area contributed by atoms with Gasteiger partial charge in [0.2, 0.25) is 0 Å². The Balaban J connectivity index is 1.49. The van der Waals surface area contributed by atoms with Gasteiger partial charge in [0.05, 0.1) is 27.2 Å². The third-order valence-corrected chi connectivity index (χ3v) is 5.62. The SMILES string of the molecule is O[C@@H]1CCN(c2cc(Nc3nccc4[nH]c(-c5c(Cl)cccc5Cl)nc34)ncn2)C1. The average molecular weight is 442 g/mol. The number of rotatable bonds is 4. The summed E-state index contributed by atoms with van der Waals surface area (Å²) in [4.78, 5) is 23.0. The number of aromatic nitrogens is 5. The lowest BCUT2D eigenvalue weighted by atomic mass is 10.2. The zero-order valence-electron chi connectivity index (χ0n) is 15.7. The summed E-state index contributed by atoms with van der Waals surface area (Å²) in [6.45, 7) is 1.32. The van der Waals surface area contributed by atoms with Crippen molar-refractivity contribution >= 4 is 51.7 Å². The van der Waals surface area contributed by atoms with Crippen LogP contribution in [0.15, 0.2) is 42.9 Å². The van der Waals surface area contributed by atoms with E-state index in [0.717, 1.165) is 24.3 Å². The first-order valence-electron chi connectivity index (χ1n) is 9.39. The lowest BCUT2D eigenvalue weighted by Crippen LogP contribution is -2.22. The topological polar surface area (TPSA) is 103 Å². The van der Waals surface area contributed by atoms with E-state index in [0.29, 0.717) is 45.1 Å². The first kappa shape index (κ1) is 19.0. The van der Waals surface area contributed by atoms with Crippen molar-refractivity contribution in [2.24, 2.45) is 0 Å². The molecule has 1 aromatic carbocycles. The summed E-state index contributed by atoms with van der Waals surface area (Å²) in [5.41, 5.74) is 2.07. The van der Waals surface area contributed by atoms with Gasteiger partial charge < -0.3 is 20.3 Å². The quantitative estimate of drug-likeness (QED) is 0.439. The van der Waals surface area contributed by atoms with Crippen molar-refractivity contribution < 1.29 is 5.11 Å². The smallest absolute Gasteiger partial charge is 0.159 e. The zero-order chi connectivity index (χ0) is 20.7. The van der Waals surface area contributed by atoms with Gasteiger partial charge >= 0.3 is 0 Å². The highest BCUT2D eigenvalue weighted by atomic mass is 35.5. The predicted molar refractivity (Wildman–Crippen MR) is 117 cm³/mol. The second kappa shape index (κ2) is 7.71. The molecule has 0 saturated carbocycles. The van der Waals surface area contributed by atoms with Crippen molar-refractivity contribution in [1.82, 2.24) is 24.9 Å². The van der Waals surface area contributed by atoms with Crippen molar-refractivity contribution in [3.05, 3.63) is 52.9 Å². The van der Waals surface area contributed by atoms with E-state index in [-0.39, 0.29) is 6.10 Å². The van der Waals surface area contributed by atoms with Crippen molar-refractivity contribution in [1.29, 1.82) is 0 Å². The molecule has 1 aliphatic rings. The minimum atomic E-state index is -0.328. The Kier molecular flexibility index (Phi) is 4.90. The number of H-pyrrole nitrogens is 1. The number of benzene rings is 1. The number of anilines is 3. The fourth-order valence-corrected chi connectivity index (χ4v) is 4.11. The van der Waals surface area contributed by atoms with Crippen LogP contribution >= 0.6 is 23.2 Å². The average Bonchev–Trinajstić information content (AvgIpc) is 3.35. The van der Waals surface area contributed by atoms with Crippen molar-refractivity contribution in [2.45, 2.75) is 12.5 Å². The van der Waals surface area contributed by atoms with Gasteiger partial charge in [0.15, 0.2) is 5.82 Å². The summed E-state index contributed by atoms with van der Waals surface area (Å²) in [7, 11) is 0. The standard InChI is InChI=1S/C20H17Cl2N7O/c21-12-2-1-3-13(22)17(12)19-26-14-4-6-23-20(18(14)28-19)27-15-8-16(25-10-24-15)29-7-5-11(30)9-29/h1-4,6,8,10-11,30H,5,7,9H2,(H,26,28)(H,23,24,25,27)/t11-/m1/s1. The summed E-state index contributed by atoms with van der Waals surface area (Å²) >= 11 is 12.7. The Morgan fingerprint density at radius 3 is 2.73 bits per heavy atom. The van der Waals surface area contributed by atoms with Gasteiger partial charge in [-0.2, -0.15) is 0 Å². The van der Waals surface area contributed by atoms with Crippen LogP contribution in [0, 0.1) is 0 Å². The Hall–Kier alpha value is -2.94. The molecule has 0 bridgehead atoms. The van der Waals surface area contributed by atoms with Crippen molar-refractivity contribution in [3.8, 4) is 11.4 Å². The maximum absolute atomic E-state index is 9.78. The number of aromatic amines is 1. The molecule has 1 atom stereocenters. The van der Waals surface area contributed by atoms with Gasteiger partial charge in [0, 0.05) is 25.4 Å². The Morgan fingerprint density at radius 2 is 1.97 bits per heavy atom. The number of aliphatic hydroxyl groups excluding tert-OH is 1. The second-order valence-corrected chi connectivity index (χ2v) is 7.83. The van der Waals surface area contributed by atoms with Gasteiger partial charge in [0.25, 0.3) is 0 Å². The lowest BCUT2D eigenvalue weighted by molar-refractivity contribution is 0.198. The number of pyridine rings is 1.